The lowest BCUT2D eigenvalue weighted by atomic mass is 10.1. The molecule has 0 amide bonds. The van der Waals surface area contributed by atoms with Gasteiger partial charge in [-0.05, 0) is 36.4 Å². The summed E-state index contributed by atoms with van der Waals surface area (Å²) in [6, 6.07) is 16.5. The maximum atomic E-state index is 5.99. The third kappa shape index (κ3) is 3.80. The molecule has 1 aliphatic heterocycles. The molecule has 3 aromatic rings. The lowest BCUT2D eigenvalue weighted by Crippen LogP contribution is -2.46. The van der Waals surface area contributed by atoms with Crippen molar-refractivity contribution in [3.8, 4) is 11.3 Å². The number of hydrogen-bond donors (Lipinski definition) is 1. The van der Waals surface area contributed by atoms with Gasteiger partial charge < -0.3 is 9.80 Å². The number of aromatic amines is 1. The molecule has 6 nitrogen and oxygen atoms in total. The van der Waals surface area contributed by atoms with Gasteiger partial charge in [-0.15, -0.1) is 0 Å². The molecular weight excluding hydrogens is 360 g/mol. The minimum absolute atomic E-state index is 0.752. The van der Waals surface area contributed by atoms with Crippen molar-refractivity contribution in [3.63, 3.8) is 0 Å². The number of anilines is 2. The summed E-state index contributed by atoms with van der Waals surface area (Å²) in [5, 5.41) is 11.8. The molecule has 4 rings (SSSR count). The normalized spacial score (nSPS) is 14.9. The first-order valence-electron chi connectivity index (χ1n) is 8.93. The molecule has 0 atom stereocenters. The summed E-state index contributed by atoms with van der Waals surface area (Å²) >= 11 is 5.99. The standard InChI is InChI=1S/C20H21ClN6/c1-22-14-19-20(24-25-23-19)15-2-6-17(7-3-15)26-10-12-27(13-11-26)18-8-4-16(21)5-9-18/h2-9,14H,10-13H2,1H3,(H,23,24,25). The van der Waals surface area contributed by atoms with Crippen molar-refractivity contribution in [2.45, 2.75) is 0 Å². The summed E-state index contributed by atoms with van der Waals surface area (Å²) in [7, 11) is 1.73. The number of H-pyrrole nitrogens is 1. The Hall–Kier alpha value is -2.86. The molecule has 0 unspecified atom stereocenters. The van der Waals surface area contributed by atoms with Crippen molar-refractivity contribution in [1.29, 1.82) is 0 Å². The number of aromatic nitrogens is 3. The fourth-order valence-electron chi connectivity index (χ4n) is 3.37. The van der Waals surface area contributed by atoms with E-state index in [1.807, 2.05) is 12.1 Å². The van der Waals surface area contributed by atoms with Crippen LogP contribution in [0.1, 0.15) is 5.69 Å². The summed E-state index contributed by atoms with van der Waals surface area (Å²) in [4.78, 5) is 8.83. The van der Waals surface area contributed by atoms with Gasteiger partial charge in [0, 0.05) is 55.2 Å². The molecule has 7 heteroatoms. The second-order valence-corrected chi connectivity index (χ2v) is 6.88. The van der Waals surface area contributed by atoms with Crippen molar-refractivity contribution < 1.29 is 0 Å². The number of rotatable bonds is 4. The van der Waals surface area contributed by atoms with Crippen molar-refractivity contribution in [2.24, 2.45) is 4.99 Å². The Bertz CT molecular complexity index is 908. The zero-order valence-electron chi connectivity index (χ0n) is 15.1. The van der Waals surface area contributed by atoms with Crippen LogP contribution in [0, 0.1) is 0 Å². The first kappa shape index (κ1) is 17.5. The van der Waals surface area contributed by atoms with E-state index in [-0.39, 0.29) is 0 Å². The topological polar surface area (TPSA) is 60.4 Å². The number of hydrogen-bond acceptors (Lipinski definition) is 5. The maximum Gasteiger partial charge on any atom is 0.131 e. The highest BCUT2D eigenvalue weighted by molar-refractivity contribution is 6.30. The van der Waals surface area contributed by atoms with Crippen LogP contribution in [-0.4, -0.2) is 54.9 Å². The molecule has 1 fully saturated rings. The SMILES string of the molecule is CN=Cc1n[nH]nc1-c1ccc(N2CCN(c3ccc(Cl)cc3)CC2)cc1. The Morgan fingerprint density at radius 1 is 0.889 bits per heavy atom. The van der Waals surface area contributed by atoms with Crippen LogP contribution in [0.2, 0.25) is 5.02 Å². The molecule has 1 saturated heterocycles. The lowest BCUT2D eigenvalue weighted by molar-refractivity contribution is 0.653. The quantitative estimate of drug-likeness (QED) is 0.704. The molecule has 1 N–H and O–H groups in total. The molecule has 138 valence electrons. The maximum absolute atomic E-state index is 5.99. The molecule has 1 aliphatic rings. The van der Waals surface area contributed by atoms with Crippen LogP contribution in [0.3, 0.4) is 0 Å². The molecule has 0 bridgehead atoms. The van der Waals surface area contributed by atoms with Gasteiger partial charge in [0.1, 0.15) is 11.4 Å². The first-order chi connectivity index (χ1) is 13.2. The van der Waals surface area contributed by atoms with E-state index in [1.165, 1.54) is 11.4 Å². The van der Waals surface area contributed by atoms with E-state index >= 15 is 0 Å². The molecule has 1 aromatic heterocycles. The van der Waals surface area contributed by atoms with E-state index in [0.29, 0.717) is 0 Å². The third-order valence-corrected chi connectivity index (χ3v) is 5.06. The van der Waals surface area contributed by atoms with Gasteiger partial charge in [-0.25, -0.2) is 0 Å². The number of halogens is 1. The summed E-state index contributed by atoms with van der Waals surface area (Å²) in [6.07, 6.45) is 1.71. The second-order valence-electron chi connectivity index (χ2n) is 6.44. The predicted octanol–water partition coefficient (Wildman–Crippen LogP) is 3.50. The Labute approximate surface area is 163 Å². The second kappa shape index (κ2) is 7.80. The molecule has 0 spiro atoms. The highest BCUT2D eigenvalue weighted by atomic mass is 35.5. The Morgan fingerprint density at radius 2 is 1.44 bits per heavy atom. The highest BCUT2D eigenvalue weighted by Gasteiger charge is 2.18. The van der Waals surface area contributed by atoms with Gasteiger partial charge in [-0.1, -0.05) is 23.7 Å². The van der Waals surface area contributed by atoms with Gasteiger partial charge in [0.15, 0.2) is 0 Å². The Morgan fingerprint density at radius 3 is 2.00 bits per heavy atom. The van der Waals surface area contributed by atoms with E-state index in [1.54, 1.807) is 13.3 Å². The number of nitrogens with one attached hydrogen (secondary N) is 1. The van der Waals surface area contributed by atoms with Crippen LogP contribution in [0.5, 0.6) is 0 Å². The molecule has 27 heavy (non-hydrogen) atoms. The fourth-order valence-corrected chi connectivity index (χ4v) is 3.49. The van der Waals surface area contributed by atoms with Crippen LogP contribution < -0.4 is 9.80 Å². The largest absolute Gasteiger partial charge is 0.368 e. The molecule has 0 saturated carbocycles. The van der Waals surface area contributed by atoms with Crippen LogP contribution in [0.25, 0.3) is 11.3 Å². The van der Waals surface area contributed by atoms with Crippen LogP contribution in [-0.2, 0) is 0 Å². The lowest BCUT2D eigenvalue weighted by Gasteiger charge is -2.37. The van der Waals surface area contributed by atoms with Crippen molar-refractivity contribution in [3.05, 3.63) is 59.2 Å². The highest BCUT2D eigenvalue weighted by Crippen LogP contribution is 2.25. The van der Waals surface area contributed by atoms with Crippen molar-refractivity contribution in [1.82, 2.24) is 15.4 Å². The third-order valence-electron chi connectivity index (χ3n) is 4.80. The van der Waals surface area contributed by atoms with Gasteiger partial charge in [0.25, 0.3) is 0 Å². The molecule has 0 radical (unpaired) electrons. The summed E-state index contributed by atoms with van der Waals surface area (Å²) in [5.74, 6) is 0. The number of piperazine rings is 1. The number of nitrogens with zero attached hydrogens (tertiary/aromatic N) is 5. The van der Waals surface area contributed by atoms with Crippen molar-refractivity contribution in [2.75, 3.05) is 43.0 Å². The number of aliphatic imine (C=N–C) groups is 1. The van der Waals surface area contributed by atoms with Gasteiger partial charge in [0.2, 0.25) is 0 Å². The summed E-state index contributed by atoms with van der Waals surface area (Å²) < 4.78 is 0. The zero-order valence-corrected chi connectivity index (χ0v) is 15.9. The van der Waals surface area contributed by atoms with Crippen LogP contribution in [0.15, 0.2) is 53.5 Å². The minimum atomic E-state index is 0.752. The minimum Gasteiger partial charge on any atom is -0.368 e. The molecule has 2 aromatic carbocycles. The fraction of sp³-hybridized carbons (Fsp3) is 0.250. The van der Waals surface area contributed by atoms with Crippen LogP contribution in [0.4, 0.5) is 11.4 Å². The van der Waals surface area contributed by atoms with Crippen molar-refractivity contribution >= 4 is 29.2 Å². The van der Waals surface area contributed by atoms with Crippen LogP contribution >= 0.6 is 11.6 Å². The van der Waals surface area contributed by atoms with E-state index in [4.69, 9.17) is 11.6 Å². The van der Waals surface area contributed by atoms with E-state index < -0.39 is 0 Å². The van der Waals surface area contributed by atoms with E-state index in [0.717, 1.165) is 48.2 Å². The van der Waals surface area contributed by atoms with Gasteiger partial charge >= 0.3 is 0 Å². The smallest absolute Gasteiger partial charge is 0.131 e. The molecular formula is C20H21ClN6. The predicted molar refractivity (Wildman–Crippen MR) is 111 cm³/mol. The monoisotopic (exact) mass is 380 g/mol. The van der Waals surface area contributed by atoms with E-state index in [9.17, 15) is 0 Å². The summed E-state index contributed by atoms with van der Waals surface area (Å²) in [5.41, 5.74) is 5.05. The number of benzene rings is 2. The van der Waals surface area contributed by atoms with E-state index in [2.05, 4.69) is 66.6 Å². The van der Waals surface area contributed by atoms with Gasteiger partial charge in [-0.2, -0.15) is 15.4 Å². The summed E-state index contributed by atoms with van der Waals surface area (Å²) in [6.45, 7) is 3.95. The average Bonchev–Trinajstić information content (AvgIpc) is 3.18. The van der Waals surface area contributed by atoms with Gasteiger partial charge in [0.05, 0.1) is 6.21 Å². The zero-order chi connectivity index (χ0) is 18.6. The first-order valence-corrected chi connectivity index (χ1v) is 9.31. The molecule has 2 heterocycles. The Balaban J connectivity index is 1.43. The molecule has 0 aliphatic carbocycles. The average molecular weight is 381 g/mol. The Kier molecular flexibility index (Phi) is 5.07. The van der Waals surface area contributed by atoms with Gasteiger partial charge in [-0.3, -0.25) is 4.99 Å².